The van der Waals surface area contributed by atoms with Gasteiger partial charge in [-0.15, -0.1) is 0 Å². The highest BCUT2D eigenvalue weighted by Gasteiger charge is 2.37. The number of pyridine rings is 1. The summed E-state index contributed by atoms with van der Waals surface area (Å²) in [7, 11) is 1.71. The maximum Gasteiger partial charge on any atom is 0.414 e. The van der Waals surface area contributed by atoms with Crippen molar-refractivity contribution in [2.24, 2.45) is 5.92 Å². The minimum Gasteiger partial charge on any atom is -0.473 e. The molecule has 9 nitrogen and oxygen atoms in total. The second kappa shape index (κ2) is 7.69. The average Bonchev–Trinajstić information content (AvgIpc) is 3.42. The first kappa shape index (κ1) is 21.9. The standard InChI is InChI=1S/C26H29N5O4/c1-14(16-10-22(32)27-12-16)34-24-23-20(28-13-31(23)17-6-7-17)11-19(29-24)15-5-8-18-21(9-15)30(4)25(33)35-26(18,2)3/h5,8-9,11,13-14,16-17H,6-7,10,12H2,1-4H3,(H,27,32)/t14-,16-/m1/s1. The van der Waals surface area contributed by atoms with Gasteiger partial charge in [-0.1, -0.05) is 12.1 Å². The van der Waals surface area contributed by atoms with Gasteiger partial charge >= 0.3 is 6.09 Å². The first-order chi connectivity index (χ1) is 16.7. The van der Waals surface area contributed by atoms with Crippen molar-refractivity contribution in [2.45, 2.75) is 57.8 Å². The van der Waals surface area contributed by atoms with E-state index in [-0.39, 0.29) is 24.0 Å². The van der Waals surface area contributed by atoms with Crippen molar-refractivity contribution in [1.82, 2.24) is 19.9 Å². The summed E-state index contributed by atoms with van der Waals surface area (Å²) >= 11 is 0. The van der Waals surface area contributed by atoms with Gasteiger partial charge in [0.15, 0.2) is 0 Å². The van der Waals surface area contributed by atoms with Crippen LogP contribution in [0.4, 0.5) is 10.5 Å². The first-order valence-corrected chi connectivity index (χ1v) is 12.1. The van der Waals surface area contributed by atoms with E-state index in [2.05, 4.69) is 14.9 Å². The molecule has 35 heavy (non-hydrogen) atoms. The SMILES string of the molecule is C[C@@H](Oc1nc(-c2ccc3c(c2)N(C)C(=O)OC3(C)C)cc2ncn(C3CC3)c12)[C@H]1CNC(=O)C1. The van der Waals surface area contributed by atoms with Gasteiger partial charge in [0.05, 0.1) is 23.2 Å². The first-order valence-electron chi connectivity index (χ1n) is 12.1. The number of nitrogens with one attached hydrogen (secondary N) is 1. The van der Waals surface area contributed by atoms with Gasteiger partial charge in [-0.25, -0.2) is 14.8 Å². The van der Waals surface area contributed by atoms with Crippen LogP contribution < -0.4 is 15.0 Å². The lowest BCUT2D eigenvalue weighted by Gasteiger charge is -2.37. The monoisotopic (exact) mass is 475 g/mol. The van der Waals surface area contributed by atoms with E-state index in [9.17, 15) is 9.59 Å². The van der Waals surface area contributed by atoms with Crippen molar-refractivity contribution in [3.05, 3.63) is 36.2 Å². The Morgan fingerprint density at radius 3 is 2.74 bits per heavy atom. The number of carbonyl (C=O) groups is 2. The van der Waals surface area contributed by atoms with E-state index in [1.165, 1.54) is 4.90 Å². The van der Waals surface area contributed by atoms with E-state index in [0.717, 1.165) is 40.7 Å². The van der Waals surface area contributed by atoms with Crippen LogP contribution in [0.15, 0.2) is 30.6 Å². The Balaban J connectivity index is 1.44. The lowest BCUT2D eigenvalue weighted by molar-refractivity contribution is -0.119. The number of anilines is 1. The maximum absolute atomic E-state index is 12.4. The Bertz CT molecular complexity index is 1360. The summed E-state index contributed by atoms with van der Waals surface area (Å²) in [6, 6.07) is 8.34. The number of amides is 2. The molecule has 1 saturated carbocycles. The van der Waals surface area contributed by atoms with Gasteiger partial charge < -0.3 is 19.4 Å². The van der Waals surface area contributed by atoms with Crippen molar-refractivity contribution in [1.29, 1.82) is 0 Å². The van der Waals surface area contributed by atoms with Gasteiger partial charge in [0.1, 0.15) is 17.2 Å². The van der Waals surface area contributed by atoms with E-state index in [1.54, 1.807) is 7.05 Å². The van der Waals surface area contributed by atoms with Crippen LogP contribution in [0.5, 0.6) is 5.88 Å². The molecule has 2 amide bonds. The molecule has 0 spiro atoms. The minimum atomic E-state index is -0.714. The molecule has 1 N–H and O–H groups in total. The fourth-order valence-corrected chi connectivity index (χ4v) is 5.03. The summed E-state index contributed by atoms with van der Waals surface area (Å²) < 4.78 is 14.2. The molecule has 0 bridgehead atoms. The summed E-state index contributed by atoms with van der Waals surface area (Å²) in [6.45, 7) is 6.38. The number of hydrogen-bond donors (Lipinski definition) is 1. The van der Waals surface area contributed by atoms with Crippen LogP contribution in [0.25, 0.3) is 22.3 Å². The topological polar surface area (TPSA) is 98.6 Å². The highest BCUT2D eigenvalue weighted by atomic mass is 16.6. The Morgan fingerprint density at radius 1 is 1.23 bits per heavy atom. The van der Waals surface area contributed by atoms with Gasteiger partial charge in [-0.2, -0.15) is 0 Å². The molecular weight excluding hydrogens is 446 g/mol. The Morgan fingerprint density at radius 2 is 2.03 bits per heavy atom. The highest BCUT2D eigenvalue weighted by molar-refractivity contribution is 5.93. The van der Waals surface area contributed by atoms with Gasteiger partial charge in [0, 0.05) is 43.1 Å². The summed E-state index contributed by atoms with van der Waals surface area (Å²) in [5.41, 5.74) is 4.30. The van der Waals surface area contributed by atoms with Gasteiger partial charge in [0.25, 0.3) is 0 Å². The smallest absolute Gasteiger partial charge is 0.414 e. The highest BCUT2D eigenvalue weighted by Crippen LogP contribution is 2.43. The van der Waals surface area contributed by atoms with Crippen LogP contribution in [0.3, 0.4) is 0 Å². The third-order valence-corrected chi connectivity index (χ3v) is 7.35. The molecule has 182 valence electrons. The third-order valence-electron chi connectivity index (χ3n) is 7.35. The van der Waals surface area contributed by atoms with Crippen molar-refractivity contribution >= 4 is 28.7 Å². The van der Waals surface area contributed by atoms with Crippen LogP contribution in [-0.2, 0) is 15.1 Å². The Hall–Kier alpha value is -3.62. The molecule has 6 rings (SSSR count). The summed E-state index contributed by atoms with van der Waals surface area (Å²) in [6.07, 6.45) is 3.98. The zero-order valence-corrected chi connectivity index (χ0v) is 20.4. The number of imidazole rings is 1. The summed E-state index contributed by atoms with van der Waals surface area (Å²) in [4.78, 5) is 35.3. The molecule has 0 unspecified atom stereocenters. The molecule has 2 atom stereocenters. The molecule has 1 aliphatic carbocycles. The van der Waals surface area contributed by atoms with Crippen molar-refractivity contribution in [3.63, 3.8) is 0 Å². The fourth-order valence-electron chi connectivity index (χ4n) is 5.03. The van der Waals surface area contributed by atoms with Crippen LogP contribution in [0, 0.1) is 5.92 Å². The molecule has 3 aliphatic rings. The van der Waals surface area contributed by atoms with E-state index in [1.807, 2.05) is 51.4 Å². The molecule has 3 aromatic rings. The number of hydrogen-bond acceptors (Lipinski definition) is 6. The molecule has 1 aromatic carbocycles. The van der Waals surface area contributed by atoms with Gasteiger partial charge in [0.2, 0.25) is 11.8 Å². The van der Waals surface area contributed by atoms with Crippen molar-refractivity contribution in [3.8, 4) is 17.1 Å². The Kier molecular flexibility index (Phi) is 4.81. The number of aromatic nitrogens is 3. The van der Waals surface area contributed by atoms with Crippen molar-refractivity contribution < 1.29 is 19.1 Å². The Labute approximate surface area is 203 Å². The second-order valence-corrected chi connectivity index (χ2v) is 10.3. The number of carbonyl (C=O) groups excluding carboxylic acids is 2. The molecule has 0 radical (unpaired) electrons. The van der Waals surface area contributed by atoms with Crippen LogP contribution >= 0.6 is 0 Å². The zero-order chi connectivity index (χ0) is 24.5. The predicted molar refractivity (Wildman–Crippen MR) is 130 cm³/mol. The maximum atomic E-state index is 12.4. The lowest BCUT2D eigenvalue weighted by atomic mass is 9.92. The second-order valence-electron chi connectivity index (χ2n) is 10.3. The molecule has 2 aliphatic heterocycles. The average molecular weight is 476 g/mol. The van der Waals surface area contributed by atoms with Crippen LogP contribution in [0.2, 0.25) is 0 Å². The molecule has 2 fully saturated rings. The van der Waals surface area contributed by atoms with Crippen LogP contribution in [0.1, 0.15) is 51.6 Å². The van der Waals surface area contributed by atoms with E-state index in [4.69, 9.17) is 14.5 Å². The van der Waals surface area contributed by atoms with E-state index < -0.39 is 5.60 Å². The largest absolute Gasteiger partial charge is 0.473 e. The molecule has 1 saturated heterocycles. The quantitative estimate of drug-likeness (QED) is 0.595. The third kappa shape index (κ3) is 3.69. The number of nitrogens with zero attached hydrogens (tertiary/aromatic N) is 4. The minimum absolute atomic E-state index is 0.0555. The lowest BCUT2D eigenvalue weighted by Crippen LogP contribution is -2.41. The number of benzene rings is 1. The number of cyclic esters (lactones) is 1. The molecule has 4 heterocycles. The number of ether oxygens (including phenoxy) is 2. The van der Waals surface area contributed by atoms with E-state index >= 15 is 0 Å². The summed E-state index contributed by atoms with van der Waals surface area (Å²) in [5, 5.41) is 2.89. The van der Waals surface area contributed by atoms with Crippen LogP contribution in [-0.4, -0.2) is 46.2 Å². The van der Waals surface area contributed by atoms with Gasteiger partial charge in [-0.3, -0.25) is 9.69 Å². The predicted octanol–water partition coefficient (Wildman–Crippen LogP) is 4.16. The number of rotatable bonds is 5. The zero-order valence-electron chi connectivity index (χ0n) is 20.4. The van der Waals surface area contributed by atoms with Gasteiger partial charge in [-0.05, 0) is 45.7 Å². The van der Waals surface area contributed by atoms with E-state index in [0.29, 0.717) is 30.6 Å². The molecule has 9 heteroatoms. The normalized spacial score (nSPS) is 22.1. The number of fused-ring (bicyclic) bond motifs is 2. The molecule has 2 aromatic heterocycles. The fraction of sp³-hybridized carbons (Fsp3) is 0.462. The van der Waals surface area contributed by atoms with Crippen molar-refractivity contribution in [2.75, 3.05) is 18.5 Å². The summed E-state index contributed by atoms with van der Waals surface area (Å²) in [5.74, 6) is 0.672. The molecular formula is C26H29N5O4.